The summed E-state index contributed by atoms with van der Waals surface area (Å²) in [5, 5.41) is 1.98. The van der Waals surface area contributed by atoms with Crippen LogP contribution in [0.5, 0.6) is 0 Å². The van der Waals surface area contributed by atoms with Crippen molar-refractivity contribution in [3.63, 3.8) is 0 Å². The molecule has 1 aromatic rings. The summed E-state index contributed by atoms with van der Waals surface area (Å²) in [6, 6.07) is 3.89. The van der Waals surface area contributed by atoms with Crippen molar-refractivity contribution in [2.24, 2.45) is 0 Å². The summed E-state index contributed by atoms with van der Waals surface area (Å²) < 4.78 is 0. The van der Waals surface area contributed by atoms with E-state index in [0.29, 0.717) is 0 Å². The second-order valence-electron chi connectivity index (χ2n) is 5.56. The molecule has 1 unspecified atom stereocenters. The Morgan fingerprint density at radius 1 is 1.33 bits per heavy atom. The van der Waals surface area contributed by atoms with Gasteiger partial charge in [-0.25, -0.2) is 0 Å². The third kappa shape index (κ3) is 1.97. The first-order valence-corrected chi connectivity index (χ1v) is 7.63. The van der Waals surface area contributed by atoms with Crippen molar-refractivity contribution in [1.82, 2.24) is 9.80 Å². The van der Waals surface area contributed by atoms with E-state index in [-0.39, 0.29) is 11.4 Å². The molecule has 0 aromatic carbocycles. The highest BCUT2D eigenvalue weighted by Gasteiger charge is 2.43. The SMILES string of the molecule is CN1CCCC12CCCN(C(=O)c1cccs1)C2. The van der Waals surface area contributed by atoms with Crippen LogP contribution in [0.15, 0.2) is 17.5 Å². The minimum Gasteiger partial charge on any atom is -0.336 e. The van der Waals surface area contributed by atoms with Crippen molar-refractivity contribution in [3.8, 4) is 0 Å². The summed E-state index contributed by atoms with van der Waals surface area (Å²) >= 11 is 1.55. The van der Waals surface area contributed by atoms with Crippen molar-refractivity contribution in [2.75, 3.05) is 26.7 Å². The summed E-state index contributed by atoms with van der Waals surface area (Å²) in [4.78, 5) is 17.8. The maximum Gasteiger partial charge on any atom is 0.263 e. The molecule has 4 heteroatoms. The average molecular weight is 264 g/mol. The molecule has 0 N–H and O–H groups in total. The molecule has 1 atom stereocenters. The lowest BCUT2D eigenvalue weighted by Crippen LogP contribution is -2.55. The molecule has 1 aromatic heterocycles. The molecule has 2 saturated heterocycles. The number of nitrogens with zero attached hydrogens (tertiary/aromatic N) is 2. The summed E-state index contributed by atoms with van der Waals surface area (Å²) in [6.07, 6.45) is 4.91. The highest BCUT2D eigenvalue weighted by atomic mass is 32.1. The van der Waals surface area contributed by atoms with Crippen molar-refractivity contribution in [1.29, 1.82) is 0 Å². The van der Waals surface area contributed by atoms with Gasteiger partial charge in [-0.2, -0.15) is 0 Å². The van der Waals surface area contributed by atoms with E-state index < -0.39 is 0 Å². The van der Waals surface area contributed by atoms with Crippen LogP contribution in [-0.2, 0) is 0 Å². The Bertz CT molecular complexity index is 431. The molecule has 0 radical (unpaired) electrons. The lowest BCUT2D eigenvalue weighted by atomic mass is 9.86. The smallest absolute Gasteiger partial charge is 0.263 e. The molecule has 0 saturated carbocycles. The molecule has 3 rings (SSSR count). The van der Waals surface area contributed by atoms with Gasteiger partial charge in [0.25, 0.3) is 5.91 Å². The first kappa shape index (κ1) is 12.2. The van der Waals surface area contributed by atoms with E-state index in [1.165, 1.54) is 25.8 Å². The van der Waals surface area contributed by atoms with Crippen LogP contribution in [-0.4, -0.2) is 47.9 Å². The van der Waals surface area contributed by atoms with Crippen molar-refractivity contribution < 1.29 is 4.79 Å². The normalized spacial score (nSPS) is 29.1. The molecule has 3 heterocycles. The first-order valence-electron chi connectivity index (χ1n) is 6.75. The number of likely N-dealkylation sites (N-methyl/N-ethyl adjacent to an activating group) is 1. The summed E-state index contributed by atoms with van der Waals surface area (Å²) in [6.45, 7) is 3.02. The predicted molar refractivity (Wildman–Crippen MR) is 74.1 cm³/mol. The quantitative estimate of drug-likeness (QED) is 0.778. The molecule has 0 aliphatic carbocycles. The molecule has 0 bridgehead atoms. The Morgan fingerprint density at radius 2 is 2.11 bits per heavy atom. The molecule has 2 fully saturated rings. The second kappa shape index (κ2) is 4.67. The molecule has 1 spiro atoms. The van der Waals surface area contributed by atoms with Crippen LogP contribution in [0, 0.1) is 0 Å². The largest absolute Gasteiger partial charge is 0.336 e. The zero-order chi connectivity index (χ0) is 12.6. The van der Waals surface area contributed by atoms with E-state index in [1.807, 2.05) is 17.5 Å². The van der Waals surface area contributed by atoms with E-state index in [4.69, 9.17) is 0 Å². The Balaban J connectivity index is 1.76. The van der Waals surface area contributed by atoms with Crippen LogP contribution < -0.4 is 0 Å². The Hall–Kier alpha value is -0.870. The summed E-state index contributed by atoms with van der Waals surface area (Å²) in [5.74, 6) is 0.226. The van der Waals surface area contributed by atoms with Crippen LogP contribution in [0.3, 0.4) is 0 Å². The van der Waals surface area contributed by atoms with E-state index in [1.54, 1.807) is 11.3 Å². The van der Waals surface area contributed by atoms with Gasteiger partial charge in [0.15, 0.2) is 0 Å². The number of carbonyl (C=O) groups excluding carboxylic acids is 1. The van der Waals surface area contributed by atoms with Gasteiger partial charge < -0.3 is 4.90 Å². The van der Waals surface area contributed by atoms with E-state index in [0.717, 1.165) is 24.4 Å². The monoisotopic (exact) mass is 264 g/mol. The highest BCUT2D eigenvalue weighted by molar-refractivity contribution is 7.12. The Morgan fingerprint density at radius 3 is 2.78 bits per heavy atom. The van der Waals surface area contributed by atoms with Gasteiger partial charge in [-0.1, -0.05) is 6.07 Å². The molecule has 98 valence electrons. The third-order valence-corrected chi connectivity index (χ3v) is 5.38. The number of hydrogen-bond donors (Lipinski definition) is 0. The van der Waals surface area contributed by atoms with Gasteiger partial charge in [0, 0.05) is 18.6 Å². The fourth-order valence-corrected chi connectivity index (χ4v) is 4.12. The van der Waals surface area contributed by atoms with E-state index >= 15 is 0 Å². The van der Waals surface area contributed by atoms with Gasteiger partial charge in [0.05, 0.1) is 4.88 Å². The van der Waals surface area contributed by atoms with Gasteiger partial charge in [0.1, 0.15) is 0 Å². The maximum absolute atomic E-state index is 12.4. The predicted octanol–water partition coefficient (Wildman–Crippen LogP) is 2.45. The van der Waals surface area contributed by atoms with E-state index in [2.05, 4.69) is 16.8 Å². The van der Waals surface area contributed by atoms with Gasteiger partial charge in [-0.15, -0.1) is 11.3 Å². The number of likely N-dealkylation sites (tertiary alicyclic amines) is 2. The highest BCUT2D eigenvalue weighted by Crippen LogP contribution is 2.36. The van der Waals surface area contributed by atoms with Crippen LogP contribution in [0.4, 0.5) is 0 Å². The standard InChI is InChI=1S/C14H20N2OS/c1-15-8-3-6-14(15)7-4-9-16(11-14)13(17)12-5-2-10-18-12/h2,5,10H,3-4,6-9,11H2,1H3. The zero-order valence-corrected chi connectivity index (χ0v) is 11.7. The van der Waals surface area contributed by atoms with Gasteiger partial charge >= 0.3 is 0 Å². The first-order chi connectivity index (χ1) is 8.71. The van der Waals surface area contributed by atoms with E-state index in [9.17, 15) is 4.79 Å². The lowest BCUT2D eigenvalue weighted by molar-refractivity contribution is 0.0416. The topological polar surface area (TPSA) is 23.6 Å². The Labute approximate surface area is 112 Å². The molecule has 3 nitrogen and oxygen atoms in total. The average Bonchev–Trinajstić information content (AvgIpc) is 3.01. The van der Waals surface area contributed by atoms with Gasteiger partial charge in [0.2, 0.25) is 0 Å². The molecule has 1 amide bonds. The molecule has 2 aliphatic rings. The number of amides is 1. The molecular weight excluding hydrogens is 244 g/mol. The van der Waals surface area contributed by atoms with Crippen LogP contribution in [0.2, 0.25) is 0 Å². The van der Waals surface area contributed by atoms with Crippen molar-refractivity contribution in [2.45, 2.75) is 31.2 Å². The number of carbonyl (C=O) groups is 1. The number of hydrogen-bond acceptors (Lipinski definition) is 3. The summed E-state index contributed by atoms with van der Waals surface area (Å²) in [5.41, 5.74) is 0.269. The van der Waals surface area contributed by atoms with Crippen LogP contribution >= 0.6 is 11.3 Å². The number of piperidine rings is 1. The molecule has 18 heavy (non-hydrogen) atoms. The van der Waals surface area contributed by atoms with Crippen molar-refractivity contribution in [3.05, 3.63) is 22.4 Å². The number of thiophene rings is 1. The molecular formula is C14H20N2OS. The van der Waals surface area contributed by atoms with Gasteiger partial charge in [-0.05, 0) is 50.7 Å². The summed E-state index contributed by atoms with van der Waals surface area (Å²) in [7, 11) is 2.21. The fraction of sp³-hybridized carbons (Fsp3) is 0.643. The minimum absolute atomic E-state index is 0.226. The fourth-order valence-electron chi connectivity index (χ4n) is 3.43. The maximum atomic E-state index is 12.4. The second-order valence-corrected chi connectivity index (χ2v) is 6.50. The zero-order valence-electron chi connectivity index (χ0n) is 10.9. The van der Waals surface area contributed by atoms with Gasteiger partial charge in [-0.3, -0.25) is 9.69 Å². The lowest BCUT2D eigenvalue weighted by Gasteiger charge is -2.44. The number of rotatable bonds is 1. The minimum atomic E-state index is 0.226. The van der Waals surface area contributed by atoms with Crippen LogP contribution in [0.25, 0.3) is 0 Å². The van der Waals surface area contributed by atoms with Crippen molar-refractivity contribution >= 4 is 17.2 Å². The third-order valence-electron chi connectivity index (χ3n) is 4.52. The Kier molecular flexibility index (Phi) is 3.16. The van der Waals surface area contributed by atoms with Crippen LogP contribution in [0.1, 0.15) is 35.4 Å². The molecule has 2 aliphatic heterocycles.